The molecule has 8 heteroatoms. The van der Waals surface area contributed by atoms with Gasteiger partial charge in [-0.25, -0.2) is 9.48 Å². The molecule has 1 aliphatic rings. The summed E-state index contributed by atoms with van der Waals surface area (Å²) in [6.07, 6.45) is 4.00. The lowest BCUT2D eigenvalue weighted by molar-refractivity contribution is -0.119. The fraction of sp³-hybridized carbons (Fsp3) is 0.261. The normalized spacial score (nSPS) is 13.1. The van der Waals surface area contributed by atoms with E-state index in [0.717, 1.165) is 24.5 Å². The van der Waals surface area contributed by atoms with Gasteiger partial charge in [0.05, 0.1) is 19.0 Å². The van der Waals surface area contributed by atoms with Gasteiger partial charge in [-0.1, -0.05) is 18.2 Å². The molecule has 2 heterocycles. The van der Waals surface area contributed by atoms with Gasteiger partial charge in [0.2, 0.25) is 5.69 Å². The molecule has 0 unspecified atom stereocenters. The molecule has 31 heavy (non-hydrogen) atoms. The summed E-state index contributed by atoms with van der Waals surface area (Å²) in [6, 6.07) is 17.0. The Morgan fingerprint density at radius 1 is 1.00 bits per heavy atom. The number of rotatable bonds is 7. The van der Waals surface area contributed by atoms with Crippen LogP contribution in [0.5, 0.6) is 5.75 Å². The van der Waals surface area contributed by atoms with Crippen molar-refractivity contribution in [3.8, 4) is 11.4 Å². The number of methoxy groups -OCH3 is 1. The summed E-state index contributed by atoms with van der Waals surface area (Å²) < 4.78 is 11.9. The molecule has 8 nitrogen and oxygen atoms in total. The van der Waals surface area contributed by atoms with E-state index in [1.165, 1.54) is 24.6 Å². The Bertz CT molecular complexity index is 1040. The predicted molar refractivity (Wildman–Crippen MR) is 117 cm³/mol. The maximum Gasteiger partial charge on any atom is 0.363 e. The SMILES string of the molecule is COc1cn(-c2ccccc2)nc1C(=O)OCC(=O)Nc1ccc(N2CCCC2)cc1. The zero-order chi connectivity index (χ0) is 21.6. The van der Waals surface area contributed by atoms with Crippen LogP contribution in [0.1, 0.15) is 23.3 Å². The lowest BCUT2D eigenvalue weighted by Gasteiger charge is -2.17. The van der Waals surface area contributed by atoms with Crippen LogP contribution >= 0.6 is 0 Å². The van der Waals surface area contributed by atoms with Gasteiger partial charge in [0, 0.05) is 24.5 Å². The fourth-order valence-electron chi connectivity index (χ4n) is 3.49. The predicted octanol–water partition coefficient (Wildman–Crippen LogP) is 3.28. The van der Waals surface area contributed by atoms with Crippen molar-refractivity contribution in [3.05, 3.63) is 66.5 Å². The number of aromatic nitrogens is 2. The molecule has 0 saturated carbocycles. The first-order chi connectivity index (χ1) is 15.1. The van der Waals surface area contributed by atoms with Gasteiger partial charge in [0.25, 0.3) is 5.91 Å². The molecule has 1 aromatic heterocycles. The summed E-state index contributed by atoms with van der Waals surface area (Å²) in [6.45, 7) is 1.70. The molecule has 1 saturated heterocycles. The first-order valence-electron chi connectivity index (χ1n) is 10.1. The quantitative estimate of drug-likeness (QED) is 0.591. The van der Waals surface area contributed by atoms with Crippen molar-refractivity contribution in [3.63, 3.8) is 0 Å². The van der Waals surface area contributed by atoms with Crippen molar-refractivity contribution < 1.29 is 19.1 Å². The molecule has 0 spiro atoms. The summed E-state index contributed by atoms with van der Waals surface area (Å²) >= 11 is 0. The Morgan fingerprint density at radius 2 is 1.71 bits per heavy atom. The number of ether oxygens (including phenoxy) is 2. The van der Waals surface area contributed by atoms with Crippen molar-refractivity contribution in [2.45, 2.75) is 12.8 Å². The van der Waals surface area contributed by atoms with Gasteiger partial charge in [0.15, 0.2) is 12.4 Å². The van der Waals surface area contributed by atoms with Gasteiger partial charge < -0.3 is 19.7 Å². The molecule has 4 rings (SSSR count). The maximum absolute atomic E-state index is 12.5. The largest absolute Gasteiger partial charge is 0.493 e. The van der Waals surface area contributed by atoms with E-state index < -0.39 is 18.5 Å². The van der Waals surface area contributed by atoms with Crippen LogP contribution in [0.4, 0.5) is 11.4 Å². The van der Waals surface area contributed by atoms with E-state index in [-0.39, 0.29) is 11.4 Å². The van der Waals surface area contributed by atoms with Gasteiger partial charge in [-0.05, 0) is 49.2 Å². The first-order valence-corrected chi connectivity index (χ1v) is 10.1. The number of anilines is 2. The number of nitrogens with one attached hydrogen (secondary N) is 1. The lowest BCUT2D eigenvalue weighted by atomic mass is 10.2. The van der Waals surface area contributed by atoms with Crippen molar-refractivity contribution in [1.82, 2.24) is 9.78 Å². The van der Waals surface area contributed by atoms with E-state index in [4.69, 9.17) is 9.47 Å². The molecule has 2 aromatic carbocycles. The number of amides is 1. The zero-order valence-corrected chi connectivity index (χ0v) is 17.3. The van der Waals surface area contributed by atoms with E-state index in [1.807, 2.05) is 54.6 Å². The van der Waals surface area contributed by atoms with E-state index in [2.05, 4.69) is 15.3 Å². The number of hydrogen-bond donors (Lipinski definition) is 1. The zero-order valence-electron chi connectivity index (χ0n) is 17.3. The van der Waals surface area contributed by atoms with Crippen molar-refractivity contribution in [2.24, 2.45) is 0 Å². The molecule has 0 atom stereocenters. The number of carbonyl (C=O) groups excluding carboxylic acids is 2. The minimum absolute atomic E-state index is 0.00844. The van der Waals surface area contributed by atoms with Gasteiger partial charge in [-0.15, -0.1) is 0 Å². The van der Waals surface area contributed by atoms with Crippen LogP contribution in [0, 0.1) is 0 Å². The number of nitrogens with zero attached hydrogens (tertiary/aromatic N) is 3. The highest BCUT2D eigenvalue weighted by Gasteiger charge is 2.21. The van der Waals surface area contributed by atoms with E-state index in [0.29, 0.717) is 5.69 Å². The molecule has 1 N–H and O–H groups in total. The fourth-order valence-corrected chi connectivity index (χ4v) is 3.49. The summed E-state index contributed by atoms with van der Waals surface area (Å²) in [4.78, 5) is 27.0. The lowest BCUT2D eigenvalue weighted by Crippen LogP contribution is -2.21. The molecule has 3 aromatic rings. The molecule has 0 aliphatic carbocycles. The summed E-state index contributed by atoms with van der Waals surface area (Å²) in [5.41, 5.74) is 2.57. The highest BCUT2D eigenvalue weighted by molar-refractivity contribution is 5.95. The first kappa shape index (κ1) is 20.5. The average molecular weight is 420 g/mol. The Balaban J connectivity index is 1.34. The van der Waals surface area contributed by atoms with Crippen LogP contribution in [-0.2, 0) is 9.53 Å². The minimum Gasteiger partial charge on any atom is -0.493 e. The Labute approximate surface area is 180 Å². The maximum atomic E-state index is 12.5. The monoisotopic (exact) mass is 420 g/mol. The van der Waals surface area contributed by atoms with Gasteiger partial charge in [-0.3, -0.25) is 4.79 Å². The molecule has 1 amide bonds. The van der Waals surface area contributed by atoms with Crippen LogP contribution in [0.25, 0.3) is 5.69 Å². The van der Waals surface area contributed by atoms with Crippen LogP contribution in [0.15, 0.2) is 60.8 Å². The molecular formula is C23H24N4O4. The number of esters is 1. The third-order valence-electron chi connectivity index (χ3n) is 5.07. The van der Waals surface area contributed by atoms with Gasteiger partial charge in [0.1, 0.15) is 0 Å². The van der Waals surface area contributed by atoms with E-state index in [9.17, 15) is 9.59 Å². The van der Waals surface area contributed by atoms with Crippen LogP contribution in [-0.4, -0.2) is 48.5 Å². The molecule has 1 fully saturated rings. The van der Waals surface area contributed by atoms with Gasteiger partial charge in [-0.2, -0.15) is 5.10 Å². The highest BCUT2D eigenvalue weighted by atomic mass is 16.5. The molecular weight excluding hydrogens is 396 g/mol. The standard InChI is InChI=1S/C23H24N4O4/c1-30-20-15-27(19-7-3-2-4-8-19)25-22(20)23(29)31-16-21(28)24-17-9-11-18(12-10-17)26-13-5-6-14-26/h2-4,7-12,15H,5-6,13-14,16H2,1H3,(H,24,28). The number of carbonyl (C=O) groups is 2. The highest BCUT2D eigenvalue weighted by Crippen LogP contribution is 2.22. The van der Waals surface area contributed by atoms with Gasteiger partial charge >= 0.3 is 5.97 Å². The second-order valence-corrected chi connectivity index (χ2v) is 7.19. The Hall–Kier alpha value is -3.81. The summed E-state index contributed by atoms with van der Waals surface area (Å²) in [5, 5.41) is 6.98. The smallest absolute Gasteiger partial charge is 0.363 e. The third-order valence-corrected chi connectivity index (χ3v) is 5.07. The van der Waals surface area contributed by atoms with Crippen LogP contribution < -0.4 is 15.0 Å². The van der Waals surface area contributed by atoms with Crippen molar-refractivity contribution >= 4 is 23.3 Å². The second-order valence-electron chi connectivity index (χ2n) is 7.19. The van der Waals surface area contributed by atoms with Crippen LogP contribution in [0.2, 0.25) is 0 Å². The third kappa shape index (κ3) is 4.85. The number of para-hydroxylation sites is 1. The van der Waals surface area contributed by atoms with Crippen LogP contribution in [0.3, 0.4) is 0 Å². The molecule has 1 aliphatic heterocycles. The van der Waals surface area contributed by atoms with Crippen molar-refractivity contribution in [2.75, 3.05) is 37.0 Å². The van der Waals surface area contributed by atoms with E-state index in [1.54, 1.807) is 6.20 Å². The number of hydrogen-bond acceptors (Lipinski definition) is 6. The average Bonchev–Trinajstić information content (AvgIpc) is 3.49. The summed E-state index contributed by atoms with van der Waals surface area (Å²) in [5.74, 6) is -0.887. The Kier molecular flexibility index (Phi) is 6.16. The molecule has 0 bridgehead atoms. The minimum atomic E-state index is -0.730. The summed E-state index contributed by atoms with van der Waals surface area (Å²) in [7, 11) is 1.45. The topological polar surface area (TPSA) is 85.7 Å². The molecule has 160 valence electrons. The number of benzene rings is 2. The van der Waals surface area contributed by atoms with E-state index >= 15 is 0 Å². The molecule has 0 radical (unpaired) electrons. The second kappa shape index (κ2) is 9.34. The van der Waals surface area contributed by atoms with Crippen molar-refractivity contribution in [1.29, 1.82) is 0 Å². The Morgan fingerprint density at radius 3 is 2.39 bits per heavy atom.